The zero-order valence-electron chi connectivity index (χ0n) is 5.72. The van der Waals surface area contributed by atoms with Gasteiger partial charge >= 0.3 is 0 Å². The van der Waals surface area contributed by atoms with Gasteiger partial charge in [-0.2, -0.15) is 8.78 Å². The molecule has 1 nitrogen and oxygen atoms in total. The van der Waals surface area contributed by atoms with E-state index in [0.717, 1.165) is 19.3 Å². The lowest BCUT2D eigenvalue weighted by Gasteiger charge is -2.24. The van der Waals surface area contributed by atoms with Crippen LogP contribution in [0.1, 0.15) is 19.3 Å². The molecule has 1 fully saturated rings. The maximum atomic E-state index is 11.8. The van der Waals surface area contributed by atoms with E-state index in [4.69, 9.17) is 0 Å². The van der Waals surface area contributed by atoms with Crippen LogP contribution in [0.2, 0.25) is 0 Å². The van der Waals surface area contributed by atoms with Crippen LogP contribution in [0.15, 0.2) is 0 Å². The van der Waals surface area contributed by atoms with Crippen LogP contribution in [0.3, 0.4) is 0 Å². The standard InChI is InChI=1S/C6H11F2N.ClH/c7-6(8)9-4-2-1-3-5-9;/h6H,1-5H2;1H. The van der Waals surface area contributed by atoms with Gasteiger partial charge in [0, 0.05) is 13.1 Å². The molecule has 1 saturated heterocycles. The lowest BCUT2D eigenvalue weighted by atomic mass is 10.1. The Morgan fingerprint density at radius 1 is 1.00 bits per heavy atom. The normalized spacial score (nSPS) is 20.7. The van der Waals surface area contributed by atoms with E-state index in [1.54, 1.807) is 0 Å². The average Bonchev–Trinajstić information content (AvgIpc) is 1.90. The molecular formula is C6H12ClF2N. The van der Waals surface area contributed by atoms with Crippen molar-refractivity contribution in [3.8, 4) is 0 Å². The summed E-state index contributed by atoms with van der Waals surface area (Å²) in [5.41, 5.74) is 0. The highest BCUT2D eigenvalue weighted by atomic mass is 35.5. The fourth-order valence-corrected chi connectivity index (χ4v) is 1.11. The van der Waals surface area contributed by atoms with E-state index in [9.17, 15) is 8.78 Å². The van der Waals surface area contributed by atoms with Crippen LogP contribution in [0.4, 0.5) is 8.78 Å². The molecule has 0 amide bonds. The van der Waals surface area contributed by atoms with Crippen molar-refractivity contribution >= 4 is 12.4 Å². The molecule has 0 aromatic carbocycles. The summed E-state index contributed by atoms with van der Waals surface area (Å²) in [6, 6.07) is 0. The van der Waals surface area contributed by atoms with Gasteiger partial charge in [-0.15, -0.1) is 12.4 Å². The van der Waals surface area contributed by atoms with E-state index in [1.165, 1.54) is 4.90 Å². The van der Waals surface area contributed by atoms with Gasteiger partial charge in [-0.25, -0.2) is 4.90 Å². The third kappa shape index (κ3) is 2.80. The first kappa shape index (κ1) is 10.1. The molecule has 1 heterocycles. The molecule has 1 aliphatic rings. The van der Waals surface area contributed by atoms with E-state index >= 15 is 0 Å². The van der Waals surface area contributed by atoms with Gasteiger partial charge < -0.3 is 0 Å². The molecule has 0 N–H and O–H groups in total. The monoisotopic (exact) mass is 171 g/mol. The number of piperidine rings is 1. The van der Waals surface area contributed by atoms with E-state index in [-0.39, 0.29) is 12.4 Å². The summed E-state index contributed by atoms with van der Waals surface area (Å²) >= 11 is 0. The Kier molecular flexibility index (Phi) is 4.91. The zero-order chi connectivity index (χ0) is 6.69. The summed E-state index contributed by atoms with van der Waals surface area (Å²) in [6.45, 7) is -1.07. The number of nitrogens with zero attached hydrogens (tertiary/aromatic N) is 1. The lowest BCUT2D eigenvalue weighted by Crippen LogP contribution is -2.33. The lowest BCUT2D eigenvalue weighted by molar-refractivity contribution is -0.0368. The quantitative estimate of drug-likeness (QED) is 0.547. The molecule has 0 radical (unpaired) electrons. The van der Waals surface area contributed by atoms with E-state index in [1.807, 2.05) is 0 Å². The van der Waals surface area contributed by atoms with Crippen LogP contribution in [0.25, 0.3) is 0 Å². The number of likely N-dealkylation sites (tertiary alicyclic amines) is 1. The van der Waals surface area contributed by atoms with Gasteiger partial charge in [-0.3, -0.25) is 0 Å². The molecule has 0 aliphatic carbocycles. The summed E-state index contributed by atoms with van der Waals surface area (Å²) < 4.78 is 23.7. The van der Waals surface area contributed by atoms with Crippen molar-refractivity contribution in [2.75, 3.05) is 13.1 Å². The highest BCUT2D eigenvalue weighted by Gasteiger charge is 2.17. The summed E-state index contributed by atoms with van der Waals surface area (Å²) in [5.74, 6) is 0. The molecule has 1 aliphatic heterocycles. The number of hydrogen-bond acceptors (Lipinski definition) is 1. The fourth-order valence-electron chi connectivity index (χ4n) is 1.11. The molecule has 0 spiro atoms. The Bertz CT molecular complexity index is 83.8. The third-order valence-corrected chi connectivity index (χ3v) is 1.67. The molecule has 1 rings (SSSR count). The number of halogens is 3. The molecule has 0 bridgehead atoms. The first-order valence-electron chi connectivity index (χ1n) is 3.33. The number of rotatable bonds is 1. The van der Waals surface area contributed by atoms with Gasteiger partial charge in [-0.05, 0) is 12.8 Å². The fraction of sp³-hybridized carbons (Fsp3) is 1.00. The van der Waals surface area contributed by atoms with Crippen LogP contribution < -0.4 is 0 Å². The highest BCUT2D eigenvalue weighted by Crippen LogP contribution is 2.12. The van der Waals surface area contributed by atoms with Crippen molar-refractivity contribution in [2.45, 2.75) is 25.8 Å². The van der Waals surface area contributed by atoms with E-state index in [0.29, 0.717) is 13.1 Å². The SMILES string of the molecule is Cl.FC(F)N1CCCCC1. The first-order valence-corrected chi connectivity index (χ1v) is 3.33. The van der Waals surface area contributed by atoms with Gasteiger partial charge in [0.15, 0.2) is 0 Å². The summed E-state index contributed by atoms with van der Waals surface area (Å²) in [5, 5.41) is 0. The van der Waals surface area contributed by atoms with Crippen LogP contribution in [0, 0.1) is 0 Å². The predicted octanol–water partition coefficient (Wildman–Crippen LogP) is 2.12. The minimum absolute atomic E-state index is 0. The minimum atomic E-state index is -2.23. The minimum Gasteiger partial charge on any atom is -0.247 e. The van der Waals surface area contributed by atoms with Crippen molar-refractivity contribution in [1.82, 2.24) is 4.90 Å². The average molecular weight is 172 g/mol. The van der Waals surface area contributed by atoms with E-state index in [2.05, 4.69) is 0 Å². The first-order chi connectivity index (χ1) is 4.30. The van der Waals surface area contributed by atoms with Crippen molar-refractivity contribution in [2.24, 2.45) is 0 Å². The molecule has 0 unspecified atom stereocenters. The molecule has 0 aromatic rings. The largest absolute Gasteiger partial charge is 0.294 e. The van der Waals surface area contributed by atoms with Crippen molar-refractivity contribution in [1.29, 1.82) is 0 Å². The van der Waals surface area contributed by atoms with Gasteiger partial charge in [0.1, 0.15) is 0 Å². The second kappa shape index (κ2) is 4.85. The molecule has 0 saturated carbocycles. The third-order valence-electron chi connectivity index (χ3n) is 1.67. The smallest absolute Gasteiger partial charge is 0.247 e. The Labute approximate surface area is 65.8 Å². The van der Waals surface area contributed by atoms with Gasteiger partial charge in [0.05, 0.1) is 0 Å². The van der Waals surface area contributed by atoms with Crippen LogP contribution in [-0.2, 0) is 0 Å². The highest BCUT2D eigenvalue weighted by molar-refractivity contribution is 5.85. The van der Waals surface area contributed by atoms with Crippen molar-refractivity contribution in [3.63, 3.8) is 0 Å². The summed E-state index contributed by atoms with van der Waals surface area (Å²) in [7, 11) is 0. The van der Waals surface area contributed by atoms with Crippen molar-refractivity contribution < 1.29 is 8.78 Å². The van der Waals surface area contributed by atoms with Gasteiger partial charge in [0.25, 0.3) is 6.55 Å². The molecule has 0 atom stereocenters. The molecule has 62 valence electrons. The molecule has 10 heavy (non-hydrogen) atoms. The Morgan fingerprint density at radius 2 is 1.50 bits per heavy atom. The molecule has 0 aromatic heterocycles. The molecule has 4 heteroatoms. The van der Waals surface area contributed by atoms with E-state index < -0.39 is 6.55 Å². The number of alkyl halides is 2. The second-order valence-electron chi connectivity index (χ2n) is 2.37. The maximum Gasteiger partial charge on any atom is 0.294 e. The van der Waals surface area contributed by atoms with Gasteiger partial charge in [-0.1, -0.05) is 6.42 Å². The van der Waals surface area contributed by atoms with Gasteiger partial charge in [0.2, 0.25) is 0 Å². The summed E-state index contributed by atoms with van der Waals surface area (Å²) in [4.78, 5) is 1.23. The van der Waals surface area contributed by atoms with Crippen LogP contribution in [0.5, 0.6) is 0 Å². The van der Waals surface area contributed by atoms with Crippen molar-refractivity contribution in [3.05, 3.63) is 0 Å². The Balaban J connectivity index is 0.000000810. The Hall–Kier alpha value is 0.110. The topological polar surface area (TPSA) is 3.24 Å². The van der Waals surface area contributed by atoms with Crippen LogP contribution in [-0.4, -0.2) is 24.5 Å². The zero-order valence-corrected chi connectivity index (χ0v) is 6.54. The molecular weight excluding hydrogens is 160 g/mol. The second-order valence-corrected chi connectivity index (χ2v) is 2.37. The maximum absolute atomic E-state index is 11.8. The Morgan fingerprint density at radius 3 is 1.80 bits per heavy atom. The van der Waals surface area contributed by atoms with Crippen LogP contribution >= 0.6 is 12.4 Å². The summed E-state index contributed by atoms with van der Waals surface area (Å²) in [6.07, 6.45) is 2.98. The predicted molar refractivity (Wildman–Crippen MR) is 38.7 cm³/mol. The number of hydrogen-bond donors (Lipinski definition) is 0.